The minimum Gasteiger partial charge on any atom is -0.433 e. The van der Waals surface area contributed by atoms with Crippen molar-refractivity contribution in [3.8, 4) is 23.3 Å². The van der Waals surface area contributed by atoms with E-state index in [1.165, 1.54) is 47.2 Å². The molecule has 3 aliphatic rings. The third kappa shape index (κ3) is 5.29. The second kappa shape index (κ2) is 10.1. The number of nitrogens with one attached hydrogen (secondary N) is 1. The smallest absolute Gasteiger partial charge is 0.419 e. The number of hydrogen-bond acceptors (Lipinski definition) is 6. The molecule has 1 N–H and O–H groups in total. The summed E-state index contributed by atoms with van der Waals surface area (Å²) in [6, 6.07) is 8.09. The summed E-state index contributed by atoms with van der Waals surface area (Å²) in [6.45, 7) is -2.81. The highest BCUT2D eigenvalue weighted by Crippen LogP contribution is 2.32. The average Bonchev–Trinajstić information content (AvgIpc) is 3.65. The Bertz CT molecular complexity index is 1390. The Morgan fingerprint density at radius 1 is 1.13 bits per heavy atom. The zero-order valence-corrected chi connectivity index (χ0v) is 20.3. The van der Waals surface area contributed by atoms with Gasteiger partial charge in [-0.3, -0.25) is 24.6 Å². The van der Waals surface area contributed by atoms with Gasteiger partial charge in [-0.05, 0) is 55.2 Å². The molecule has 2 fully saturated rings. The largest absolute Gasteiger partial charge is 0.433 e. The van der Waals surface area contributed by atoms with Crippen LogP contribution in [0.5, 0.6) is 11.5 Å². The number of anilines is 1. The molecule has 1 saturated carbocycles. The van der Waals surface area contributed by atoms with Crippen LogP contribution in [0.4, 0.5) is 19.3 Å². The lowest BCUT2D eigenvalue weighted by Crippen LogP contribution is -2.52. The van der Waals surface area contributed by atoms with E-state index in [2.05, 4.69) is 21.9 Å². The Morgan fingerprint density at radius 3 is 2.63 bits per heavy atom. The van der Waals surface area contributed by atoms with Gasteiger partial charge in [0.05, 0.1) is 5.56 Å². The maximum Gasteiger partial charge on any atom is 0.419 e. The summed E-state index contributed by atoms with van der Waals surface area (Å²) in [6.07, 6.45) is 1.53. The van der Waals surface area contributed by atoms with Crippen LogP contribution >= 0.6 is 0 Å². The van der Waals surface area contributed by atoms with Gasteiger partial charge in [0.2, 0.25) is 11.8 Å². The van der Waals surface area contributed by atoms with E-state index >= 15 is 0 Å². The predicted octanol–water partition coefficient (Wildman–Crippen LogP) is 3.45. The van der Waals surface area contributed by atoms with E-state index < -0.39 is 30.6 Å². The molecule has 2 aliphatic heterocycles. The fourth-order valence-electron chi connectivity index (χ4n) is 4.30. The van der Waals surface area contributed by atoms with Crippen molar-refractivity contribution in [3.05, 3.63) is 53.1 Å². The number of fused-ring (bicyclic) bond motifs is 1. The number of halogens is 2. The van der Waals surface area contributed by atoms with Crippen LogP contribution in [-0.2, 0) is 16.1 Å². The zero-order valence-electron chi connectivity index (χ0n) is 20.3. The summed E-state index contributed by atoms with van der Waals surface area (Å²) in [7, 11) is 1.45. The number of ether oxygens (including phenoxy) is 2. The molecule has 0 bridgehead atoms. The number of amides is 4. The van der Waals surface area contributed by atoms with Crippen molar-refractivity contribution in [1.29, 1.82) is 0 Å². The monoisotopic (exact) mass is 523 g/mol. The van der Waals surface area contributed by atoms with Crippen LogP contribution in [0.1, 0.15) is 47.2 Å². The molecular formula is C27H23F2N3O6. The van der Waals surface area contributed by atoms with Gasteiger partial charge in [0.1, 0.15) is 17.5 Å². The lowest BCUT2D eigenvalue weighted by atomic mass is 10.0. The maximum absolute atomic E-state index is 13.0. The molecule has 1 saturated heterocycles. The van der Waals surface area contributed by atoms with Gasteiger partial charge in [-0.2, -0.15) is 8.78 Å². The molecule has 1 aliphatic carbocycles. The minimum atomic E-state index is -3.02. The molecule has 38 heavy (non-hydrogen) atoms. The number of carbonyl (C=O) groups is 4. The second-order valence-corrected chi connectivity index (χ2v) is 9.25. The zero-order chi connectivity index (χ0) is 27.0. The summed E-state index contributed by atoms with van der Waals surface area (Å²) in [4.78, 5) is 52.1. The number of rotatable bonds is 5. The van der Waals surface area contributed by atoms with Gasteiger partial charge < -0.3 is 14.4 Å². The third-order valence-electron chi connectivity index (χ3n) is 6.53. The maximum atomic E-state index is 13.0. The molecule has 196 valence electrons. The molecule has 11 heteroatoms. The first-order chi connectivity index (χ1) is 18.2. The van der Waals surface area contributed by atoms with Crippen molar-refractivity contribution in [2.75, 3.05) is 11.9 Å². The average molecular weight is 523 g/mol. The van der Waals surface area contributed by atoms with Crippen molar-refractivity contribution < 1.29 is 37.4 Å². The van der Waals surface area contributed by atoms with Gasteiger partial charge in [-0.1, -0.05) is 17.9 Å². The van der Waals surface area contributed by atoms with Gasteiger partial charge in [-0.25, -0.2) is 4.79 Å². The normalized spacial score (nSPS) is 18.5. The van der Waals surface area contributed by atoms with Crippen LogP contribution in [-0.4, -0.2) is 48.4 Å². The van der Waals surface area contributed by atoms with E-state index in [0.717, 1.165) is 12.8 Å². The number of carbonyl (C=O) groups excluding carboxylic acids is 4. The Labute approximate surface area is 216 Å². The van der Waals surface area contributed by atoms with Crippen molar-refractivity contribution in [1.82, 2.24) is 10.2 Å². The lowest BCUT2D eigenvalue weighted by molar-refractivity contribution is -0.136. The van der Waals surface area contributed by atoms with E-state index in [1.807, 2.05) is 0 Å². The van der Waals surface area contributed by atoms with E-state index in [1.54, 1.807) is 6.07 Å². The minimum absolute atomic E-state index is 0.0867. The Kier molecular flexibility index (Phi) is 6.72. The molecule has 4 amide bonds. The Morgan fingerprint density at radius 2 is 1.92 bits per heavy atom. The van der Waals surface area contributed by atoms with Gasteiger partial charge in [0.25, 0.3) is 5.91 Å². The topological polar surface area (TPSA) is 105 Å². The second-order valence-electron chi connectivity index (χ2n) is 9.25. The highest BCUT2D eigenvalue weighted by molar-refractivity contribution is 6.05. The quantitative estimate of drug-likeness (QED) is 0.476. The molecule has 9 nitrogen and oxygen atoms in total. The third-order valence-corrected chi connectivity index (χ3v) is 6.53. The number of imide groups is 1. The SMILES string of the molecule is CN(C(=O)Oc1ccc2c(c1)C(=O)N(C1CCC(=O)NC1=O)C2)c1ccc(OC(F)F)c(C#CC2CC2)c1. The van der Waals surface area contributed by atoms with Crippen LogP contribution in [0.2, 0.25) is 0 Å². The van der Waals surface area contributed by atoms with Crippen LogP contribution in [0, 0.1) is 17.8 Å². The number of nitrogens with zero attached hydrogens (tertiary/aromatic N) is 2. The van der Waals surface area contributed by atoms with E-state index in [4.69, 9.17) is 4.74 Å². The van der Waals surface area contributed by atoms with Gasteiger partial charge in [0, 0.05) is 37.2 Å². The van der Waals surface area contributed by atoms with Crippen molar-refractivity contribution in [2.45, 2.75) is 44.9 Å². The molecule has 0 aromatic heterocycles. The van der Waals surface area contributed by atoms with E-state index in [0.29, 0.717) is 16.8 Å². The number of piperidine rings is 1. The standard InChI is InChI=1S/C27H23F2N3O6/c1-31(18-7-10-22(38-26(28)29)16(12-18)5-4-15-2-3-15)27(36)37-19-8-6-17-14-32(25(35)20(17)13-19)21-9-11-23(33)30-24(21)34/h6-8,10,12-13,15,21,26H,2-3,9,11,14H2,1H3,(H,30,33,34). The van der Waals surface area contributed by atoms with Crippen LogP contribution in [0.15, 0.2) is 36.4 Å². The lowest BCUT2D eigenvalue weighted by Gasteiger charge is -2.29. The first-order valence-electron chi connectivity index (χ1n) is 12.0. The molecule has 2 aromatic carbocycles. The highest BCUT2D eigenvalue weighted by Gasteiger charge is 2.39. The molecule has 1 atom stereocenters. The molecule has 2 heterocycles. The summed E-state index contributed by atoms with van der Waals surface area (Å²) in [5.41, 5.74) is 1.54. The summed E-state index contributed by atoms with van der Waals surface area (Å²) in [5, 5.41) is 2.25. The number of alkyl halides is 2. The van der Waals surface area contributed by atoms with E-state index in [9.17, 15) is 28.0 Å². The Hall–Kier alpha value is -4.46. The summed E-state index contributed by atoms with van der Waals surface area (Å²) < 4.78 is 35.7. The van der Waals surface area contributed by atoms with Crippen molar-refractivity contribution >= 4 is 29.5 Å². The molecule has 2 aromatic rings. The predicted molar refractivity (Wildman–Crippen MR) is 130 cm³/mol. The van der Waals surface area contributed by atoms with E-state index in [-0.39, 0.29) is 48.3 Å². The summed E-state index contributed by atoms with van der Waals surface area (Å²) in [5.74, 6) is 4.84. The van der Waals surface area contributed by atoms with Crippen LogP contribution < -0.4 is 19.7 Å². The van der Waals surface area contributed by atoms with Crippen molar-refractivity contribution in [2.24, 2.45) is 5.92 Å². The fraction of sp³-hybridized carbons (Fsp3) is 0.333. The van der Waals surface area contributed by atoms with Crippen LogP contribution in [0.25, 0.3) is 0 Å². The molecule has 0 spiro atoms. The molecule has 1 unspecified atom stereocenters. The molecule has 5 rings (SSSR count). The molecular weight excluding hydrogens is 500 g/mol. The van der Waals surface area contributed by atoms with Gasteiger partial charge in [-0.15, -0.1) is 0 Å². The van der Waals surface area contributed by atoms with Crippen molar-refractivity contribution in [3.63, 3.8) is 0 Å². The Balaban J connectivity index is 1.30. The number of hydrogen-bond donors (Lipinski definition) is 1. The highest BCUT2D eigenvalue weighted by atomic mass is 19.3. The number of benzene rings is 2. The van der Waals surface area contributed by atoms with Crippen LogP contribution in [0.3, 0.4) is 0 Å². The molecule has 0 radical (unpaired) electrons. The summed E-state index contributed by atoms with van der Waals surface area (Å²) >= 11 is 0. The van der Waals surface area contributed by atoms with Gasteiger partial charge >= 0.3 is 12.7 Å². The first kappa shape index (κ1) is 25.2. The fourth-order valence-corrected chi connectivity index (χ4v) is 4.30. The van der Waals surface area contributed by atoms with Gasteiger partial charge in [0.15, 0.2) is 0 Å². The first-order valence-corrected chi connectivity index (χ1v) is 12.0.